The molecule has 28 heavy (non-hydrogen) atoms. The lowest BCUT2D eigenvalue weighted by atomic mass is 9.98. The maximum absolute atomic E-state index is 10.2. The summed E-state index contributed by atoms with van der Waals surface area (Å²) >= 11 is 0. The molecular formula is C21H29N3O4. The molecule has 2 atom stereocenters. The molecule has 3 rings (SSSR count). The van der Waals surface area contributed by atoms with Gasteiger partial charge >= 0.3 is 0 Å². The number of ether oxygens (including phenoxy) is 2. The number of hydrogen-bond donors (Lipinski definition) is 2. The van der Waals surface area contributed by atoms with Gasteiger partial charge in [0.2, 0.25) is 0 Å². The minimum absolute atomic E-state index is 0.254. The molecule has 1 fully saturated rings. The zero-order valence-electron chi connectivity index (χ0n) is 16.7. The first-order chi connectivity index (χ1) is 13.6. The van der Waals surface area contributed by atoms with Crippen LogP contribution in [0.25, 0.3) is 0 Å². The molecule has 2 N–H and O–H groups in total. The molecular weight excluding hydrogens is 358 g/mol. The molecule has 1 aliphatic rings. The number of furan rings is 1. The fraction of sp³-hybridized carbons (Fsp3) is 0.476. The van der Waals surface area contributed by atoms with E-state index in [9.17, 15) is 5.11 Å². The third-order valence-electron chi connectivity index (χ3n) is 4.95. The Morgan fingerprint density at radius 3 is 2.68 bits per heavy atom. The Labute approximate surface area is 166 Å². The summed E-state index contributed by atoms with van der Waals surface area (Å²) in [5.41, 5.74) is 1.20. The third kappa shape index (κ3) is 4.78. The van der Waals surface area contributed by atoms with Crippen molar-refractivity contribution in [1.82, 2.24) is 10.2 Å². The number of aliphatic hydroxyl groups excluding tert-OH is 1. The van der Waals surface area contributed by atoms with Crippen molar-refractivity contribution in [2.75, 3.05) is 40.4 Å². The van der Waals surface area contributed by atoms with Gasteiger partial charge in [-0.2, -0.15) is 0 Å². The number of guanidine groups is 1. The van der Waals surface area contributed by atoms with E-state index in [1.807, 2.05) is 13.0 Å². The van der Waals surface area contributed by atoms with Crippen LogP contribution in [0.5, 0.6) is 11.5 Å². The van der Waals surface area contributed by atoms with E-state index in [-0.39, 0.29) is 6.54 Å². The number of nitrogens with one attached hydrogen (secondary N) is 1. The average Bonchev–Trinajstić information content (AvgIpc) is 3.42. The van der Waals surface area contributed by atoms with E-state index < -0.39 is 6.10 Å². The maximum Gasteiger partial charge on any atom is 0.194 e. The Morgan fingerprint density at radius 2 is 2.07 bits per heavy atom. The number of aliphatic imine (C=N–C) groups is 1. The van der Waals surface area contributed by atoms with Crippen molar-refractivity contribution in [3.63, 3.8) is 0 Å². The smallest absolute Gasteiger partial charge is 0.194 e. The van der Waals surface area contributed by atoms with Crippen molar-refractivity contribution in [3.05, 3.63) is 47.9 Å². The topological polar surface area (TPSA) is 79.5 Å². The van der Waals surface area contributed by atoms with Crippen molar-refractivity contribution < 1.29 is 19.0 Å². The molecule has 1 saturated heterocycles. The molecule has 0 amide bonds. The molecule has 2 heterocycles. The van der Waals surface area contributed by atoms with Crippen LogP contribution >= 0.6 is 0 Å². The van der Waals surface area contributed by atoms with Gasteiger partial charge < -0.3 is 29.2 Å². The number of likely N-dealkylation sites (tertiary alicyclic amines) is 1. The first-order valence-electron chi connectivity index (χ1n) is 9.62. The van der Waals surface area contributed by atoms with Crippen LogP contribution in [0.3, 0.4) is 0 Å². The summed E-state index contributed by atoms with van der Waals surface area (Å²) < 4.78 is 16.1. The number of rotatable bonds is 7. The van der Waals surface area contributed by atoms with Crippen LogP contribution in [0.2, 0.25) is 0 Å². The highest BCUT2D eigenvalue weighted by Crippen LogP contribution is 2.33. The van der Waals surface area contributed by atoms with Gasteiger partial charge in [-0.1, -0.05) is 0 Å². The summed E-state index contributed by atoms with van der Waals surface area (Å²) in [6.07, 6.45) is 1.83. The number of benzene rings is 1. The molecule has 0 aliphatic carbocycles. The number of aliphatic hydroxyl groups is 1. The van der Waals surface area contributed by atoms with E-state index in [1.165, 1.54) is 5.56 Å². The molecule has 152 valence electrons. The Hall–Kier alpha value is -2.67. The minimum atomic E-state index is -0.746. The fourth-order valence-corrected chi connectivity index (χ4v) is 3.46. The predicted molar refractivity (Wildman–Crippen MR) is 108 cm³/mol. The molecule has 1 aliphatic heterocycles. The van der Waals surface area contributed by atoms with Gasteiger partial charge in [-0.15, -0.1) is 0 Å². The van der Waals surface area contributed by atoms with E-state index in [0.29, 0.717) is 11.7 Å². The van der Waals surface area contributed by atoms with Crippen molar-refractivity contribution in [2.45, 2.75) is 25.4 Å². The monoisotopic (exact) mass is 387 g/mol. The number of nitrogens with zero attached hydrogens (tertiary/aromatic N) is 2. The number of hydrogen-bond acceptors (Lipinski definition) is 5. The molecule has 7 nitrogen and oxygen atoms in total. The minimum Gasteiger partial charge on any atom is -0.497 e. The van der Waals surface area contributed by atoms with Crippen molar-refractivity contribution in [1.29, 1.82) is 0 Å². The highest BCUT2D eigenvalue weighted by atomic mass is 16.5. The second kappa shape index (κ2) is 9.50. The Balaban J connectivity index is 1.70. The predicted octanol–water partition coefficient (Wildman–Crippen LogP) is 2.79. The molecule has 0 saturated carbocycles. The third-order valence-corrected chi connectivity index (χ3v) is 4.95. The van der Waals surface area contributed by atoms with Crippen LogP contribution in [0, 0.1) is 0 Å². The van der Waals surface area contributed by atoms with Gasteiger partial charge in [0.05, 0.1) is 27.0 Å². The first kappa shape index (κ1) is 20.1. The summed E-state index contributed by atoms with van der Waals surface area (Å²) in [5, 5.41) is 13.6. The zero-order chi connectivity index (χ0) is 19.9. The second-order valence-electron chi connectivity index (χ2n) is 6.80. The van der Waals surface area contributed by atoms with Crippen LogP contribution in [-0.2, 0) is 0 Å². The van der Waals surface area contributed by atoms with Gasteiger partial charge in [-0.05, 0) is 43.2 Å². The van der Waals surface area contributed by atoms with Crippen LogP contribution in [0.15, 0.2) is 46.0 Å². The molecule has 1 aromatic heterocycles. The van der Waals surface area contributed by atoms with E-state index in [0.717, 1.165) is 43.5 Å². The Morgan fingerprint density at radius 1 is 1.32 bits per heavy atom. The Kier molecular flexibility index (Phi) is 6.81. The van der Waals surface area contributed by atoms with Crippen molar-refractivity contribution in [2.24, 2.45) is 4.99 Å². The standard InChI is InChI=1S/C21H29N3O4/c1-4-22-21(23-13-19(25)20-6-5-9-28-20)24-8-7-15(14-24)16-10-17(26-2)12-18(11-16)27-3/h5-6,9-12,15,19,25H,4,7-8,13-14H2,1-3H3,(H,22,23). The van der Waals surface area contributed by atoms with Gasteiger partial charge in [0.25, 0.3) is 0 Å². The summed E-state index contributed by atoms with van der Waals surface area (Å²) in [7, 11) is 3.33. The lowest BCUT2D eigenvalue weighted by molar-refractivity contribution is 0.158. The van der Waals surface area contributed by atoms with Crippen LogP contribution in [0.1, 0.15) is 36.7 Å². The maximum atomic E-state index is 10.2. The summed E-state index contributed by atoms with van der Waals surface area (Å²) in [5.74, 6) is 3.31. The van der Waals surface area contributed by atoms with Crippen LogP contribution < -0.4 is 14.8 Å². The van der Waals surface area contributed by atoms with Gasteiger partial charge in [-0.3, -0.25) is 0 Å². The van der Waals surface area contributed by atoms with Crippen molar-refractivity contribution in [3.8, 4) is 11.5 Å². The van der Waals surface area contributed by atoms with Gasteiger partial charge in [0.15, 0.2) is 5.96 Å². The highest BCUT2D eigenvalue weighted by Gasteiger charge is 2.27. The van der Waals surface area contributed by atoms with E-state index in [4.69, 9.17) is 13.9 Å². The highest BCUT2D eigenvalue weighted by molar-refractivity contribution is 5.80. The summed E-state index contributed by atoms with van der Waals surface area (Å²) in [6.45, 7) is 4.80. The quantitative estimate of drug-likeness (QED) is 0.562. The molecule has 0 spiro atoms. The fourth-order valence-electron chi connectivity index (χ4n) is 3.46. The Bertz CT molecular complexity index is 754. The molecule has 0 bridgehead atoms. The second-order valence-corrected chi connectivity index (χ2v) is 6.80. The van der Waals surface area contributed by atoms with Crippen LogP contribution in [0.4, 0.5) is 0 Å². The molecule has 2 aromatic rings. The molecule has 2 unspecified atom stereocenters. The average molecular weight is 387 g/mol. The van der Waals surface area contributed by atoms with Crippen LogP contribution in [-0.4, -0.2) is 56.4 Å². The van der Waals surface area contributed by atoms with E-state index in [1.54, 1.807) is 32.6 Å². The molecule has 0 radical (unpaired) electrons. The molecule has 7 heteroatoms. The van der Waals surface area contributed by atoms with Gasteiger partial charge in [-0.25, -0.2) is 4.99 Å². The van der Waals surface area contributed by atoms with E-state index >= 15 is 0 Å². The van der Waals surface area contributed by atoms with Gasteiger partial charge in [0.1, 0.15) is 23.4 Å². The first-order valence-corrected chi connectivity index (χ1v) is 9.62. The lowest BCUT2D eigenvalue weighted by Crippen LogP contribution is -2.40. The van der Waals surface area contributed by atoms with Gasteiger partial charge in [0, 0.05) is 31.6 Å². The van der Waals surface area contributed by atoms with Crippen molar-refractivity contribution >= 4 is 5.96 Å². The SMILES string of the molecule is CCNC(=NCC(O)c1ccco1)N1CCC(c2cc(OC)cc(OC)c2)C1. The number of methoxy groups -OCH3 is 2. The zero-order valence-corrected chi connectivity index (χ0v) is 16.7. The summed E-state index contributed by atoms with van der Waals surface area (Å²) in [6, 6.07) is 9.55. The van der Waals surface area contributed by atoms with E-state index in [2.05, 4.69) is 27.3 Å². The summed E-state index contributed by atoms with van der Waals surface area (Å²) in [4.78, 5) is 6.85. The lowest BCUT2D eigenvalue weighted by Gasteiger charge is -2.22. The molecule has 1 aromatic carbocycles. The largest absolute Gasteiger partial charge is 0.497 e. The normalized spacial score (nSPS) is 18.2.